The van der Waals surface area contributed by atoms with Gasteiger partial charge < -0.3 is 5.11 Å². The lowest BCUT2D eigenvalue weighted by Gasteiger charge is -2.19. The van der Waals surface area contributed by atoms with Crippen molar-refractivity contribution in [2.24, 2.45) is 0 Å². The van der Waals surface area contributed by atoms with Crippen LogP contribution >= 0.6 is 0 Å². The van der Waals surface area contributed by atoms with E-state index in [-0.39, 0.29) is 0 Å². The van der Waals surface area contributed by atoms with Crippen molar-refractivity contribution in [3.63, 3.8) is 0 Å². The fourth-order valence-corrected chi connectivity index (χ4v) is 2.83. The Kier molecular flexibility index (Phi) is 3.76. The Bertz CT molecular complexity index is 795. The molecule has 0 spiro atoms. The number of rotatable bonds is 3. The van der Waals surface area contributed by atoms with Crippen LogP contribution in [0, 0.1) is 11.3 Å². The van der Waals surface area contributed by atoms with Gasteiger partial charge in [-0.05, 0) is 52.8 Å². The summed E-state index contributed by atoms with van der Waals surface area (Å²) in [5, 5.41) is 17.9. The topological polar surface area (TPSA) is 61.1 Å². The molecule has 0 unspecified atom stereocenters. The Balaban J connectivity index is 2.02. The Hall–Kier alpha value is -2.86. The lowest BCUT2D eigenvalue weighted by atomic mass is 9.85. The van der Waals surface area contributed by atoms with Gasteiger partial charge in [-0.15, -0.1) is 0 Å². The number of carbonyl (C=O) groups is 1. The second kappa shape index (κ2) is 5.87. The zero-order valence-corrected chi connectivity index (χ0v) is 12.0. The van der Waals surface area contributed by atoms with Crippen LogP contribution in [0.5, 0.6) is 0 Å². The average Bonchev–Trinajstić information content (AvgIpc) is 2.55. The first-order valence-electron chi connectivity index (χ1n) is 7.22. The van der Waals surface area contributed by atoms with Crippen LogP contribution in [-0.2, 0) is 12.8 Å². The Labute approximate surface area is 129 Å². The van der Waals surface area contributed by atoms with Crippen molar-refractivity contribution < 1.29 is 9.90 Å². The number of aryl methyl sites for hydroxylation is 1. The maximum Gasteiger partial charge on any atom is 0.335 e. The molecule has 0 aromatic heterocycles. The van der Waals surface area contributed by atoms with Gasteiger partial charge >= 0.3 is 5.97 Å². The number of allylic oxidation sites excluding steroid dienone is 1. The third-order valence-corrected chi connectivity index (χ3v) is 3.96. The van der Waals surface area contributed by atoms with Gasteiger partial charge in [0, 0.05) is 0 Å². The van der Waals surface area contributed by atoms with Gasteiger partial charge in [0.2, 0.25) is 0 Å². The van der Waals surface area contributed by atoms with Gasteiger partial charge in [-0.25, -0.2) is 4.79 Å². The molecule has 1 aliphatic carbocycles. The summed E-state index contributed by atoms with van der Waals surface area (Å²) in [5.74, 6) is -0.905. The van der Waals surface area contributed by atoms with Crippen LogP contribution < -0.4 is 0 Å². The van der Waals surface area contributed by atoms with Crippen molar-refractivity contribution in [3.8, 4) is 6.07 Å². The van der Waals surface area contributed by atoms with E-state index < -0.39 is 5.97 Å². The zero-order chi connectivity index (χ0) is 15.5. The largest absolute Gasteiger partial charge is 0.478 e. The first kappa shape index (κ1) is 14.1. The number of aromatic carboxylic acids is 1. The van der Waals surface area contributed by atoms with E-state index in [0.29, 0.717) is 12.0 Å². The maximum absolute atomic E-state index is 11.2. The molecule has 0 saturated heterocycles. The minimum atomic E-state index is -0.905. The zero-order valence-electron chi connectivity index (χ0n) is 12.0. The lowest BCUT2D eigenvalue weighted by molar-refractivity contribution is 0.0697. The van der Waals surface area contributed by atoms with Gasteiger partial charge in [-0.1, -0.05) is 36.4 Å². The van der Waals surface area contributed by atoms with E-state index in [4.69, 9.17) is 5.26 Å². The number of nitrogens with zero attached hydrogens (tertiary/aromatic N) is 1. The number of fused-ring (bicyclic) bond motifs is 1. The van der Waals surface area contributed by atoms with Gasteiger partial charge in [-0.3, -0.25) is 0 Å². The summed E-state index contributed by atoms with van der Waals surface area (Å²) in [6.45, 7) is 0. The molecule has 2 aromatic rings. The standard InChI is InChI=1S/C19H15NO2/c20-11-10-13-4-6-15(7-5-13)17-3-1-2-14-8-9-16(19(21)22)12-18(14)17/h3-9,12H,1-2,10H2,(H,21,22). The molecule has 0 atom stereocenters. The highest BCUT2D eigenvalue weighted by molar-refractivity contribution is 5.91. The van der Waals surface area contributed by atoms with Gasteiger partial charge in [0.15, 0.2) is 0 Å². The minimum Gasteiger partial charge on any atom is -0.478 e. The van der Waals surface area contributed by atoms with Crippen molar-refractivity contribution in [2.45, 2.75) is 19.3 Å². The molecule has 0 aliphatic heterocycles. The number of carboxylic acid groups (broad SMARTS) is 1. The molecule has 3 nitrogen and oxygen atoms in total. The van der Waals surface area contributed by atoms with Crippen molar-refractivity contribution >= 4 is 11.5 Å². The molecule has 0 amide bonds. The summed E-state index contributed by atoms with van der Waals surface area (Å²) in [5.41, 5.74) is 5.62. The predicted molar refractivity (Wildman–Crippen MR) is 84.6 cm³/mol. The molecular formula is C19H15NO2. The van der Waals surface area contributed by atoms with Crippen molar-refractivity contribution in [1.29, 1.82) is 5.26 Å². The van der Waals surface area contributed by atoms with Crippen molar-refractivity contribution in [3.05, 3.63) is 76.4 Å². The fourth-order valence-electron chi connectivity index (χ4n) is 2.83. The van der Waals surface area contributed by atoms with Gasteiger partial charge in [0.05, 0.1) is 18.1 Å². The second-order valence-electron chi connectivity index (χ2n) is 5.37. The van der Waals surface area contributed by atoms with Gasteiger partial charge in [-0.2, -0.15) is 5.26 Å². The summed E-state index contributed by atoms with van der Waals surface area (Å²) in [4.78, 5) is 11.2. The van der Waals surface area contributed by atoms with Crippen LogP contribution in [0.1, 0.15) is 39.0 Å². The number of nitriles is 1. The monoisotopic (exact) mass is 289 g/mol. The van der Waals surface area contributed by atoms with Crippen molar-refractivity contribution in [2.75, 3.05) is 0 Å². The molecule has 108 valence electrons. The smallest absolute Gasteiger partial charge is 0.335 e. The lowest BCUT2D eigenvalue weighted by Crippen LogP contribution is -2.05. The minimum absolute atomic E-state index is 0.313. The quantitative estimate of drug-likeness (QED) is 0.934. The van der Waals surface area contributed by atoms with Gasteiger partial charge in [0.25, 0.3) is 0 Å². The van der Waals surface area contributed by atoms with E-state index in [1.165, 1.54) is 5.56 Å². The summed E-state index contributed by atoms with van der Waals surface area (Å²) in [7, 11) is 0. The molecule has 22 heavy (non-hydrogen) atoms. The molecule has 0 radical (unpaired) electrons. The molecule has 3 heteroatoms. The summed E-state index contributed by atoms with van der Waals surface area (Å²) >= 11 is 0. The second-order valence-corrected chi connectivity index (χ2v) is 5.37. The highest BCUT2D eigenvalue weighted by Crippen LogP contribution is 2.32. The number of benzene rings is 2. The normalized spacial score (nSPS) is 13.0. The first-order valence-corrected chi connectivity index (χ1v) is 7.22. The third-order valence-electron chi connectivity index (χ3n) is 3.96. The predicted octanol–water partition coefficient (Wildman–Crippen LogP) is 3.83. The SMILES string of the molecule is N#CCc1ccc(C2=CCCc3ccc(C(=O)O)cc32)cc1. The molecule has 2 aromatic carbocycles. The van der Waals surface area contributed by atoms with E-state index in [2.05, 4.69) is 12.1 Å². The van der Waals surface area contributed by atoms with Crippen LogP contribution in [0.15, 0.2) is 48.5 Å². The van der Waals surface area contributed by atoms with E-state index in [0.717, 1.165) is 35.1 Å². The third kappa shape index (κ3) is 2.64. The number of hydrogen-bond acceptors (Lipinski definition) is 2. The van der Waals surface area contributed by atoms with Crippen LogP contribution in [0.25, 0.3) is 5.57 Å². The first-order chi connectivity index (χ1) is 10.7. The fraction of sp³-hybridized carbons (Fsp3) is 0.158. The molecule has 1 aliphatic rings. The Morgan fingerprint density at radius 3 is 2.64 bits per heavy atom. The summed E-state index contributed by atoms with van der Waals surface area (Å²) in [6.07, 6.45) is 4.45. The van der Waals surface area contributed by atoms with Crippen LogP contribution in [-0.4, -0.2) is 11.1 Å². The molecule has 0 heterocycles. The van der Waals surface area contributed by atoms with E-state index in [9.17, 15) is 9.90 Å². The molecule has 3 rings (SSSR count). The van der Waals surface area contributed by atoms with Gasteiger partial charge in [0.1, 0.15) is 0 Å². The Morgan fingerprint density at radius 2 is 1.95 bits per heavy atom. The highest BCUT2D eigenvalue weighted by atomic mass is 16.4. The van der Waals surface area contributed by atoms with E-state index in [1.54, 1.807) is 12.1 Å². The van der Waals surface area contributed by atoms with Crippen molar-refractivity contribution in [1.82, 2.24) is 0 Å². The summed E-state index contributed by atoms with van der Waals surface area (Å²) in [6, 6.07) is 15.4. The Morgan fingerprint density at radius 1 is 1.18 bits per heavy atom. The van der Waals surface area contributed by atoms with Crippen LogP contribution in [0.3, 0.4) is 0 Å². The highest BCUT2D eigenvalue weighted by Gasteiger charge is 2.16. The average molecular weight is 289 g/mol. The molecule has 1 N–H and O–H groups in total. The molecule has 0 fully saturated rings. The van der Waals surface area contributed by atoms with Crippen LogP contribution in [0.2, 0.25) is 0 Å². The van der Waals surface area contributed by atoms with Crippen LogP contribution in [0.4, 0.5) is 0 Å². The van der Waals surface area contributed by atoms with E-state index in [1.807, 2.05) is 30.3 Å². The molecule has 0 saturated carbocycles. The number of hydrogen-bond donors (Lipinski definition) is 1. The molecular weight excluding hydrogens is 274 g/mol. The van der Waals surface area contributed by atoms with E-state index >= 15 is 0 Å². The summed E-state index contributed by atoms with van der Waals surface area (Å²) < 4.78 is 0. The maximum atomic E-state index is 11.2. The number of carboxylic acids is 1. The molecule has 0 bridgehead atoms.